The van der Waals surface area contributed by atoms with Gasteiger partial charge >= 0.3 is 6.18 Å². The number of alkyl halides is 3. The highest BCUT2D eigenvalue weighted by Gasteiger charge is 2.34. The fraction of sp³-hybridized carbons (Fsp3) is 0.200. The number of pyridine rings is 1. The number of benzene rings is 2. The number of ether oxygens (including phenoxy) is 1. The van der Waals surface area contributed by atoms with Gasteiger partial charge in [0.2, 0.25) is 5.88 Å². The van der Waals surface area contributed by atoms with Crippen LogP contribution in [-0.4, -0.2) is 35.0 Å². The lowest BCUT2D eigenvalue weighted by atomic mass is 10.0. The number of nitrogens with zero attached hydrogens (tertiary/aromatic N) is 2. The standard InChI is InChI=1S/C20H15F3N2O2/c21-20(22,23)14-8-9-18(24-10-14)27-15-11-25(12-15)19(26)17-7-3-5-13-4-1-2-6-16(13)17/h1-10,15H,11-12H2. The monoisotopic (exact) mass is 372 g/mol. The van der Waals surface area contributed by atoms with Crippen LogP contribution in [0.3, 0.4) is 0 Å². The average molecular weight is 372 g/mol. The van der Waals surface area contributed by atoms with E-state index in [-0.39, 0.29) is 17.9 Å². The first-order chi connectivity index (χ1) is 12.9. The molecule has 27 heavy (non-hydrogen) atoms. The van der Waals surface area contributed by atoms with Gasteiger partial charge in [0.25, 0.3) is 5.91 Å². The molecule has 0 saturated carbocycles. The molecular formula is C20H15F3N2O2. The lowest BCUT2D eigenvalue weighted by Gasteiger charge is -2.38. The van der Waals surface area contributed by atoms with E-state index in [0.717, 1.165) is 23.0 Å². The number of carbonyl (C=O) groups is 1. The van der Waals surface area contributed by atoms with Crippen molar-refractivity contribution in [2.24, 2.45) is 0 Å². The summed E-state index contributed by atoms with van der Waals surface area (Å²) in [6.45, 7) is 0.732. The number of rotatable bonds is 3. The molecule has 0 radical (unpaired) electrons. The molecule has 3 aromatic rings. The topological polar surface area (TPSA) is 42.4 Å². The maximum absolute atomic E-state index is 12.7. The molecule has 1 saturated heterocycles. The van der Waals surface area contributed by atoms with Gasteiger partial charge in [0.15, 0.2) is 0 Å². The van der Waals surface area contributed by atoms with Crippen LogP contribution < -0.4 is 4.74 Å². The maximum atomic E-state index is 12.7. The first-order valence-corrected chi connectivity index (χ1v) is 8.39. The van der Waals surface area contributed by atoms with Crippen molar-refractivity contribution in [1.29, 1.82) is 0 Å². The summed E-state index contributed by atoms with van der Waals surface area (Å²) < 4.78 is 43.2. The fourth-order valence-corrected chi connectivity index (χ4v) is 3.05. The number of hydrogen-bond acceptors (Lipinski definition) is 3. The molecular weight excluding hydrogens is 357 g/mol. The van der Waals surface area contributed by atoms with Crippen LogP contribution in [0.15, 0.2) is 60.8 Å². The number of amides is 1. The van der Waals surface area contributed by atoms with E-state index >= 15 is 0 Å². The zero-order valence-electron chi connectivity index (χ0n) is 14.1. The lowest BCUT2D eigenvalue weighted by molar-refractivity contribution is -0.137. The minimum atomic E-state index is -4.43. The van der Waals surface area contributed by atoms with Gasteiger partial charge in [0, 0.05) is 17.8 Å². The molecule has 7 heteroatoms. The number of hydrogen-bond donors (Lipinski definition) is 0. The van der Waals surface area contributed by atoms with Crippen molar-refractivity contribution < 1.29 is 22.7 Å². The van der Waals surface area contributed by atoms with Gasteiger partial charge in [-0.2, -0.15) is 13.2 Å². The summed E-state index contributed by atoms with van der Waals surface area (Å²) in [5.41, 5.74) is -0.199. The molecule has 0 spiro atoms. The minimum Gasteiger partial charge on any atom is -0.471 e. The van der Waals surface area contributed by atoms with Gasteiger partial charge in [-0.15, -0.1) is 0 Å². The van der Waals surface area contributed by atoms with Crippen molar-refractivity contribution in [2.45, 2.75) is 12.3 Å². The van der Waals surface area contributed by atoms with Crippen LogP contribution in [0, 0.1) is 0 Å². The first-order valence-electron chi connectivity index (χ1n) is 8.39. The fourth-order valence-electron chi connectivity index (χ4n) is 3.05. The summed E-state index contributed by atoms with van der Waals surface area (Å²) in [7, 11) is 0. The van der Waals surface area contributed by atoms with E-state index in [0.29, 0.717) is 18.7 Å². The van der Waals surface area contributed by atoms with Crippen LogP contribution >= 0.6 is 0 Å². The molecule has 1 amide bonds. The Labute approximate surface area is 153 Å². The quantitative estimate of drug-likeness (QED) is 0.693. The maximum Gasteiger partial charge on any atom is 0.417 e. The highest BCUT2D eigenvalue weighted by Crippen LogP contribution is 2.30. The Kier molecular flexibility index (Phi) is 4.22. The molecule has 1 aromatic heterocycles. The van der Waals surface area contributed by atoms with Gasteiger partial charge in [0.05, 0.1) is 18.7 Å². The zero-order valence-corrected chi connectivity index (χ0v) is 14.1. The summed E-state index contributed by atoms with van der Waals surface area (Å²) in [6, 6.07) is 15.4. The Balaban J connectivity index is 1.40. The molecule has 1 fully saturated rings. The van der Waals surface area contributed by atoms with E-state index in [2.05, 4.69) is 4.98 Å². The molecule has 0 aliphatic carbocycles. The molecule has 4 nitrogen and oxygen atoms in total. The molecule has 0 atom stereocenters. The minimum absolute atomic E-state index is 0.0907. The summed E-state index contributed by atoms with van der Waals surface area (Å²) in [4.78, 5) is 18.1. The Morgan fingerprint density at radius 2 is 1.78 bits per heavy atom. The number of fused-ring (bicyclic) bond motifs is 1. The predicted octanol–water partition coefficient (Wildman–Crippen LogP) is 4.16. The molecule has 0 bridgehead atoms. The summed E-state index contributed by atoms with van der Waals surface area (Å²) in [5.74, 6) is 0.0253. The summed E-state index contributed by atoms with van der Waals surface area (Å²) in [5, 5.41) is 1.88. The van der Waals surface area contributed by atoms with Gasteiger partial charge in [-0.25, -0.2) is 4.98 Å². The molecule has 138 valence electrons. The van der Waals surface area contributed by atoms with Crippen molar-refractivity contribution in [2.75, 3.05) is 13.1 Å². The third-order valence-corrected chi connectivity index (χ3v) is 4.51. The summed E-state index contributed by atoms with van der Waals surface area (Å²) >= 11 is 0. The van der Waals surface area contributed by atoms with Crippen molar-refractivity contribution >= 4 is 16.7 Å². The largest absolute Gasteiger partial charge is 0.471 e. The van der Waals surface area contributed by atoms with Gasteiger partial charge in [-0.1, -0.05) is 36.4 Å². The van der Waals surface area contributed by atoms with E-state index in [1.54, 1.807) is 11.0 Å². The van der Waals surface area contributed by atoms with Crippen molar-refractivity contribution in [3.63, 3.8) is 0 Å². The zero-order chi connectivity index (χ0) is 19.0. The molecule has 1 aliphatic heterocycles. The van der Waals surface area contributed by atoms with Crippen LogP contribution in [0.25, 0.3) is 10.8 Å². The third kappa shape index (κ3) is 3.45. The Morgan fingerprint density at radius 3 is 2.48 bits per heavy atom. The van der Waals surface area contributed by atoms with Crippen LogP contribution in [0.1, 0.15) is 15.9 Å². The van der Waals surface area contributed by atoms with Crippen LogP contribution in [-0.2, 0) is 6.18 Å². The third-order valence-electron chi connectivity index (χ3n) is 4.51. The molecule has 0 N–H and O–H groups in total. The van der Waals surface area contributed by atoms with Gasteiger partial charge in [-0.3, -0.25) is 4.79 Å². The number of aromatic nitrogens is 1. The number of likely N-dealkylation sites (tertiary alicyclic amines) is 1. The van der Waals surface area contributed by atoms with Gasteiger partial charge < -0.3 is 9.64 Å². The first kappa shape index (κ1) is 17.3. The number of halogens is 3. The Hall–Kier alpha value is -3.09. The summed E-state index contributed by atoms with van der Waals surface area (Å²) in [6.07, 6.45) is -3.97. The van der Waals surface area contributed by atoms with E-state index in [4.69, 9.17) is 4.74 Å². The van der Waals surface area contributed by atoms with E-state index in [1.165, 1.54) is 6.07 Å². The molecule has 2 aromatic carbocycles. The van der Waals surface area contributed by atoms with Crippen molar-refractivity contribution in [3.05, 3.63) is 71.9 Å². The lowest BCUT2D eigenvalue weighted by Crippen LogP contribution is -2.56. The van der Waals surface area contributed by atoms with Crippen LogP contribution in [0.4, 0.5) is 13.2 Å². The molecule has 1 aliphatic rings. The number of carbonyl (C=O) groups excluding carboxylic acids is 1. The van der Waals surface area contributed by atoms with Gasteiger partial charge in [0.1, 0.15) is 6.10 Å². The molecule has 2 heterocycles. The predicted molar refractivity (Wildman–Crippen MR) is 93.5 cm³/mol. The van der Waals surface area contributed by atoms with E-state index < -0.39 is 11.7 Å². The SMILES string of the molecule is O=C(c1cccc2ccccc12)N1CC(Oc2ccc(C(F)(F)F)cn2)C1. The van der Waals surface area contributed by atoms with Crippen LogP contribution in [0.2, 0.25) is 0 Å². The molecule has 4 rings (SSSR count). The normalized spacial score (nSPS) is 14.9. The van der Waals surface area contributed by atoms with E-state index in [9.17, 15) is 18.0 Å². The second kappa shape index (κ2) is 6.57. The Bertz CT molecular complexity index is 975. The van der Waals surface area contributed by atoms with Gasteiger partial charge in [-0.05, 0) is 22.9 Å². The van der Waals surface area contributed by atoms with Crippen molar-refractivity contribution in [3.8, 4) is 5.88 Å². The highest BCUT2D eigenvalue weighted by atomic mass is 19.4. The second-order valence-electron chi connectivity index (χ2n) is 6.36. The van der Waals surface area contributed by atoms with E-state index in [1.807, 2.05) is 36.4 Å². The highest BCUT2D eigenvalue weighted by molar-refractivity contribution is 6.07. The Morgan fingerprint density at radius 1 is 1.04 bits per heavy atom. The molecule has 0 unspecified atom stereocenters. The average Bonchev–Trinajstić information content (AvgIpc) is 2.63. The van der Waals surface area contributed by atoms with Crippen LogP contribution in [0.5, 0.6) is 5.88 Å². The second-order valence-corrected chi connectivity index (χ2v) is 6.36. The smallest absolute Gasteiger partial charge is 0.417 e. The van der Waals surface area contributed by atoms with Crippen molar-refractivity contribution in [1.82, 2.24) is 9.88 Å².